The predicted octanol–water partition coefficient (Wildman–Crippen LogP) is 5.65. The van der Waals surface area contributed by atoms with Crippen LogP contribution in [0.15, 0.2) is 52.4 Å². The lowest BCUT2D eigenvalue weighted by atomic mass is 10.1. The Balaban J connectivity index is 1.43. The van der Waals surface area contributed by atoms with Crippen LogP contribution in [0.1, 0.15) is 59.7 Å². The zero-order valence-electron chi connectivity index (χ0n) is 21.5. The molecular formula is C28H25ClF2N4O3S. The van der Waals surface area contributed by atoms with Crippen LogP contribution in [0.2, 0.25) is 5.02 Å². The number of benzene rings is 1. The molecule has 1 aromatic carbocycles. The molecule has 0 aliphatic heterocycles. The zero-order valence-corrected chi connectivity index (χ0v) is 23.0. The Morgan fingerprint density at radius 1 is 1.08 bits per heavy atom. The second kappa shape index (κ2) is 9.09. The third-order valence-corrected chi connectivity index (χ3v) is 9.04. The van der Waals surface area contributed by atoms with Crippen LogP contribution in [-0.4, -0.2) is 34.0 Å². The summed E-state index contributed by atoms with van der Waals surface area (Å²) in [5.74, 6) is -1.80. The number of nitrogens with zero attached hydrogens (tertiary/aromatic N) is 4. The SMILES string of the molecule is Cc1cnc(-c2cccc(S(C)(=O)=O)c2F)c(F)c1-n1c(C)cc([C@@H]2CC2c2ccnn2C2CC2)c(Cl)c1=O. The van der Waals surface area contributed by atoms with E-state index in [4.69, 9.17) is 11.6 Å². The third-order valence-electron chi connectivity index (χ3n) is 7.54. The molecule has 0 spiro atoms. The summed E-state index contributed by atoms with van der Waals surface area (Å²) in [6, 6.07) is 7.93. The van der Waals surface area contributed by atoms with Gasteiger partial charge in [0.1, 0.15) is 15.6 Å². The highest BCUT2D eigenvalue weighted by Gasteiger charge is 2.45. The summed E-state index contributed by atoms with van der Waals surface area (Å²) in [6.45, 7) is 3.28. The molecule has 3 aromatic heterocycles. The maximum absolute atomic E-state index is 16.1. The van der Waals surface area contributed by atoms with Gasteiger partial charge < -0.3 is 0 Å². The first-order chi connectivity index (χ1) is 18.5. The van der Waals surface area contributed by atoms with Crippen molar-refractivity contribution in [1.82, 2.24) is 19.3 Å². The molecule has 0 amide bonds. The standard InChI is InChI=1S/C28H25ClF2N4O3S/c1-14-13-32-26(17-5-4-6-22(24(17)30)39(3,37)38)25(31)27(14)34-15(2)11-20(23(29)28(34)36)18-12-19(18)21-9-10-33-35(21)16-7-8-16/h4-6,9-11,13,16,18-19H,7-8,12H2,1-3H3/t18-,19?/m1/s1. The number of aromatic nitrogens is 4. The highest BCUT2D eigenvalue weighted by atomic mass is 35.5. The minimum atomic E-state index is -3.90. The molecule has 11 heteroatoms. The van der Waals surface area contributed by atoms with Gasteiger partial charge in [0, 0.05) is 41.5 Å². The van der Waals surface area contributed by atoms with E-state index in [1.807, 2.05) is 6.07 Å². The van der Waals surface area contributed by atoms with E-state index in [1.165, 1.54) is 22.9 Å². The maximum atomic E-state index is 16.1. The quantitative estimate of drug-likeness (QED) is 0.299. The Morgan fingerprint density at radius 3 is 2.51 bits per heavy atom. The molecule has 0 bridgehead atoms. The first kappa shape index (κ1) is 25.9. The lowest BCUT2D eigenvalue weighted by Gasteiger charge is -2.18. The molecule has 0 saturated heterocycles. The molecule has 2 aliphatic carbocycles. The van der Waals surface area contributed by atoms with Crippen LogP contribution in [0.25, 0.3) is 16.9 Å². The first-order valence-corrected chi connectivity index (χ1v) is 14.9. The first-order valence-electron chi connectivity index (χ1n) is 12.6. The van der Waals surface area contributed by atoms with Gasteiger partial charge in [-0.05, 0) is 74.4 Å². The Bertz CT molecular complexity index is 1830. The van der Waals surface area contributed by atoms with Gasteiger partial charge in [0.2, 0.25) is 0 Å². The van der Waals surface area contributed by atoms with Gasteiger partial charge in [-0.3, -0.25) is 19.0 Å². The number of rotatable bonds is 6. The fraction of sp³-hybridized carbons (Fsp3) is 0.321. The molecule has 2 aliphatic rings. The normalized spacial score (nSPS) is 18.9. The van der Waals surface area contributed by atoms with Gasteiger partial charge in [-0.2, -0.15) is 5.10 Å². The van der Waals surface area contributed by atoms with Crippen molar-refractivity contribution in [3.05, 3.63) is 92.3 Å². The Morgan fingerprint density at radius 2 is 1.82 bits per heavy atom. The lowest BCUT2D eigenvalue weighted by molar-refractivity contribution is 0.569. The summed E-state index contributed by atoms with van der Waals surface area (Å²) < 4.78 is 58.5. The van der Waals surface area contributed by atoms with Gasteiger partial charge in [-0.1, -0.05) is 17.7 Å². The van der Waals surface area contributed by atoms with Crippen LogP contribution < -0.4 is 5.56 Å². The number of aryl methyl sites for hydroxylation is 2. The van der Waals surface area contributed by atoms with Crippen LogP contribution in [-0.2, 0) is 9.84 Å². The van der Waals surface area contributed by atoms with Crippen LogP contribution in [0.3, 0.4) is 0 Å². The average molecular weight is 571 g/mol. The molecule has 4 aromatic rings. The molecule has 3 heterocycles. The molecule has 0 N–H and O–H groups in total. The smallest absolute Gasteiger partial charge is 0.274 e. The van der Waals surface area contributed by atoms with E-state index in [-0.39, 0.29) is 28.1 Å². The van der Waals surface area contributed by atoms with E-state index in [9.17, 15) is 13.2 Å². The number of sulfone groups is 1. The minimum absolute atomic E-state index is 0.00741. The van der Waals surface area contributed by atoms with Crippen LogP contribution in [0.5, 0.6) is 0 Å². The molecule has 2 atom stereocenters. The highest BCUT2D eigenvalue weighted by Crippen LogP contribution is 2.57. The molecule has 1 unspecified atom stereocenters. The summed E-state index contributed by atoms with van der Waals surface area (Å²) in [5, 5.41) is 4.47. The van der Waals surface area contributed by atoms with Gasteiger partial charge >= 0.3 is 0 Å². The fourth-order valence-electron chi connectivity index (χ4n) is 5.40. The lowest BCUT2D eigenvalue weighted by Crippen LogP contribution is -2.24. The molecule has 7 nitrogen and oxygen atoms in total. The van der Waals surface area contributed by atoms with Crippen molar-refractivity contribution in [2.75, 3.05) is 6.26 Å². The van der Waals surface area contributed by atoms with E-state index >= 15 is 8.78 Å². The summed E-state index contributed by atoms with van der Waals surface area (Å²) in [5.41, 5.74) is 1.23. The van der Waals surface area contributed by atoms with Crippen molar-refractivity contribution in [3.8, 4) is 16.9 Å². The van der Waals surface area contributed by atoms with Crippen molar-refractivity contribution in [3.63, 3.8) is 0 Å². The van der Waals surface area contributed by atoms with Gasteiger partial charge in [0.25, 0.3) is 5.56 Å². The molecule has 6 rings (SSSR count). The van der Waals surface area contributed by atoms with Crippen LogP contribution in [0, 0.1) is 25.5 Å². The van der Waals surface area contributed by atoms with Crippen molar-refractivity contribution >= 4 is 21.4 Å². The number of hydrogen-bond donors (Lipinski definition) is 0. The highest BCUT2D eigenvalue weighted by molar-refractivity contribution is 7.90. The fourth-order valence-corrected chi connectivity index (χ4v) is 6.44. The molecule has 202 valence electrons. The van der Waals surface area contributed by atoms with Crippen molar-refractivity contribution < 1.29 is 17.2 Å². The van der Waals surface area contributed by atoms with Crippen molar-refractivity contribution in [2.24, 2.45) is 0 Å². The number of halogens is 3. The van der Waals surface area contributed by atoms with E-state index in [1.54, 1.807) is 26.1 Å². The van der Waals surface area contributed by atoms with E-state index in [0.29, 0.717) is 22.9 Å². The van der Waals surface area contributed by atoms with E-state index in [0.717, 1.165) is 37.3 Å². The molecule has 2 saturated carbocycles. The van der Waals surface area contributed by atoms with Gasteiger partial charge in [0.05, 0.1) is 11.7 Å². The number of hydrogen-bond acceptors (Lipinski definition) is 5. The summed E-state index contributed by atoms with van der Waals surface area (Å²) in [4.78, 5) is 17.1. The maximum Gasteiger partial charge on any atom is 0.274 e. The van der Waals surface area contributed by atoms with Crippen molar-refractivity contribution in [2.45, 2.75) is 55.9 Å². The van der Waals surface area contributed by atoms with E-state index < -0.39 is 37.6 Å². The van der Waals surface area contributed by atoms with Gasteiger partial charge in [-0.25, -0.2) is 17.2 Å². The van der Waals surface area contributed by atoms with Crippen LogP contribution >= 0.6 is 11.6 Å². The van der Waals surface area contributed by atoms with Crippen molar-refractivity contribution in [1.29, 1.82) is 0 Å². The summed E-state index contributed by atoms with van der Waals surface area (Å²) in [6.07, 6.45) is 7.06. The molecular weight excluding hydrogens is 546 g/mol. The Labute approximate surface area is 229 Å². The molecule has 39 heavy (non-hydrogen) atoms. The number of pyridine rings is 2. The monoisotopic (exact) mass is 570 g/mol. The Hall–Kier alpha value is -3.37. The molecule has 0 radical (unpaired) electrons. The predicted molar refractivity (Wildman–Crippen MR) is 143 cm³/mol. The minimum Gasteiger partial charge on any atom is -0.277 e. The second-order valence-corrected chi connectivity index (χ2v) is 12.8. The Kier molecular flexibility index (Phi) is 6.03. The average Bonchev–Trinajstić information content (AvgIpc) is 3.81. The third kappa shape index (κ3) is 4.30. The van der Waals surface area contributed by atoms with Gasteiger partial charge in [0.15, 0.2) is 21.5 Å². The molecule has 2 fully saturated rings. The van der Waals surface area contributed by atoms with E-state index in [2.05, 4.69) is 14.8 Å². The van der Waals surface area contributed by atoms with Crippen LogP contribution in [0.4, 0.5) is 8.78 Å². The second-order valence-electron chi connectivity index (χ2n) is 10.4. The zero-order chi connectivity index (χ0) is 27.8. The van der Waals surface area contributed by atoms with Gasteiger partial charge in [-0.15, -0.1) is 0 Å². The summed E-state index contributed by atoms with van der Waals surface area (Å²) in [7, 11) is -3.90. The largest absolute Gasteiger partial charge is 0.277 e. The topological polar surface area (TPSA) is 86.8 Å². The summed E-state index contributed by atoms with van der Waals surface area (Å²) >= 11 is 6.63.